The molecule has 4 nitrogen and oxygen atoms in total. The van der Waals surface area contributed by atoms with Crippen molar-refractivity contribution in [3.63, 3.8) is 0 Å². The Morgan fingerprint density at radius 1 is 0.562 bits per heavy atom. The van der Waals surface area contributed by atoms with E-state index in [1.165, 1.54) is 32.7 Å². The van der Waals surface area contributed by atoms with Crippen molar-refractivity contribution in [2.24, 2.45) is 0 Å². The van der Waals surface area contributed by atoms with Gasteiger partial charge in [-0.25, -0.2) is 0 Å². The summed E-state index contributed by atoms with van der Waals surface area (Å²) in [5, 5.41) is 4.75. The second kappa shape index (κ2) is 7.88. The normalized spacial score (nSPS) is 17.8. The van der Waals surface area contributed by atoms with Crippen LogP contribution < -0.4 is 10.9 Å². The molecular formula is C26H32B2O4. The molecule has 2 aliphatic heterocycles. The monoisotopic (exact) mass is 430 g/mol. The molecule has 0 aromatic heterocycles. The van der Waals surface area contributed by atoms with E-state index in [2.05, 4.69) is 77.9 Å². The molecule has 6 heteroatoms. The number of hydrogen-bond acceptors (Lipinski definition) is 4. The van der Waals surface area contributed by atoms with Crippen LogP contribution in [0.3, 0.4) is 0 Å². The highest BCUT2D eigenvalue weighted by atomic mass is 16.6. The van der Waals surface area contributed by atoms with Gasteiger partial charge in [0.05, 0.1) is 26.4 Å². The zero-order valence-corrected chi connectivity index (χ0v) is 20.1. The lowest BCUT2D eigenvalue weighted by Gasteiger charge is -2.29. The first-order valence-electron chi connectivity index (χ1n) is 11.7. The predicted octanol–water partition coefficient (Wildman–Crippen LogP) is 4.07. The van der Waals surface area contributed by atoms with Gasteiger partial charge in [0.2, 0.25) is 0 Å². The minimum Gasteiger partial charge on any atom is -0.405 e. The second-order valence-corrected chi connectivity index (χ2v) is 10.9. The third-order valence-electron chi connectivity index (χ3n) is 6.58. The first-order chi connectivity index (χ1) is 15.2. The SMILES string of the molecule is CC(C)(C)c1cccc2c(B3OCCO3)c3c(C(C)(C)C)cccc3c(B3OCCO3)c12. The van der Waals surface area contributed by atoms with E-state index in [0.717, 1.165) is 10.9 Å². The highest BCUT2D eigenvalue weighted by Gasteiger charge is 2.38. The zero-order valence-electron chi connectivity index (χ0n) is 20.1. The maximum absolute atomic E-state index is 6.13. The van der Waals surface area contributed by atoms with Crippen molar-refractivity contribution in [3.8, 4) is 0 Å². The van der Waals surface area contributed by atoms with Crippen molar-refractivity contribution in [1.29, 1.82) is 0 Å². The Morgan fingerprint density at radius 3 is 1.22 bits per heavy atom. The van der Waals surface area contributed by atoms with Crippen LogP contribution in [0.5, 0.6) is 0 Å². The third-order valence-corrected chi connectivity index (χ3v) is 6.58. The van der Waals surface area contributed by atoms with E-state index in [0.29, 0.717) is 26.4 Å². The Balaban J connectivity index is 2.03. The largest absolute Gasteiger partial charge is 0.495 e. The molecule has 0 unspecified atom stereocenters. The van der Waals surface area contributed by atoms with Gasteiger partial charge in [-0.2, -0.15) is 0 Å². The van der Waals surface area contributed by atoms with E-state index in [9.17, 15) is 0 Å². The molecule has 0 aliphatic carbocycles. The van der Waals surface area contributed by atoms with Crippen LogP contribution in [0.25, 0.3) is 21.5 Å². The van der Waals surface area contributed by atoms with Crippen LogP contribution in [0.2, 0.25) is 0 Å². The van der Waals surface area contributed by atoms with Crippen molar-refractivity contribution >= 4 is 46.7 Å². The molecule has 5 rings (SSSR count). The maximum atomic E-state index is 6.13. The predicted molar refractivity (Wildman–Crippen MR) is 133 cm³/mol. The molecule has 166 valence electrons. The van der Waals surface area contributed by atoms with E-state index >= 15 is 0 Å². The third kappa shape index (κ3) is 3.58. The first kappa shape index (κ1) is 22.0. The smallest absolute Gasteiger partial charge is 0.405 e. The summed E-state index contributed by atoms with van der Waals surface area (Å²) in [6, 6.07) is 13.2. The molecule has 0 radical (unpaired) electrons. The molecule has 2 aliphatic rings. The summed E-state index contributed by atoms with van der Waals surface area (Å²) in [6.45, 7) is 16.0. The topological polar surface area (TPSA) is 36.9 Å². The van der Waals surface area contributed by atoms with Crippen LogP contribution >= 0.6 is 0 Å². The molecule has 2 heterocycles. The fraction of sp³-hybridized carbons (Fsp3) is 0.462. The van der Waals surface area contributed by atoms with E-state index in [1.54, 1.807) is 0 Å². The average molecular weight is 430 g/mol. The lowest BCUT2D eigenvalue weighted by atomic mass is 9.63. The molecule has 0 atom stereocenters. The Hall–Kier alpha value is -1.85. The zero-order chi connectivity index (χ0) is 22.7. The Morgan fingerprint density at radius 2 is 0.906 bits per heavy atom. The molecule has 0 saturated carbocycles. The Kier molecular flexibility index (Phi) is 5.41. The summed E-state index contributed by atoms with van der Waals surface area (Å²) < 4.78 is 24.5. The van der Waals surface area contributed by atoms with Crippen LogP contribution in [0, 0.1) is 0 Å². The van der Waals surface area contributed by atoms with Gasteiger partial charge < -0.3 is 18.6 Å². The van der Waals surface area contributed by atoms with Crippen molar-refractivity contribution in [2.45, 2.75) is 52.4 Å². The number of benzene rings is 3. The standard InChI is InChI=1S/C26H32B2O4/c1-25(2,3)19-11-7-9-17-21(19)23(27-29-13-14-30-27)18-10-8-12-20(26(4,5)6)22(18)24(17)28-31-15-16-32-28/h7-12H,13-16H2,1-6H3. The van der Waals surface area contributed by atoms with E-state index in [4.69, 9.17) is 18.6 Å². The van der Waals surface area contributed by atoms with Gasteiger partial charge >= 0.3 is 14.2 Å². The van der Waals surface area contributed by atoms with Crippen molar-refractivity contribution < 1.29 is 18.6 Å². The Labute approximate surface area is 191 Å². The van der Waals surface area contributed by atoms with E-state index < -0.39 is 0 Å². The molecular weight excluding hydrogens is 398 g/mol. The lowest BCUT2D eigenvalue weighted by molar-refractivity contribution is 0.365. The summed E-state index contributed by atoms with van der Waals surface area (Å²) in [4.78, 5) is 0. The van der Waals surface area contributed by atoms with Crippen molar-refractivity contribution in [3.05, 3.63) is 47.5 Å². The van der Waals surface area contributed by atoms with Gasteiger partial charge in [0.15, 0.2) is 0 Å². The fourth-order valence-corrected chi connectivity index (χ4v) is 5.19. The van der Waals surface area contributed by atoms with Crippen LogP contribution in [0.15, 0.2) is 36.4 Å². The van der Waals surface area contributed by atoms with Gasteiger partial charge in [0, 0.05) is 0 Å². The summed E-state index contributed by atoms with van der Waals surface area (Å²) in [6.07, 6.45) is 0. The number of rotatable bonds is 2. The minimum absolute atomic E-state index is 0.0448. The summed E-state index contributed by atoms with van der Waals surface area (Å²) in [7, 11) is -0.753. The molecule has 32 heavy (non-hydrogen) atoms. The van der Waals surface area contributed by atoms with Gasteiger partial charge in [-0.05, 0) is 54.4 Å². The van der Waals surface area contributed by atoms with Crippen LogP contribution in [-0.2, 0) is 29.4 Å². The summed E-state index contributed by atoms with van der Waals surface area (Å²) in [5.41, 5.74) is 4.74. The Bertz CT molecular complexity index is 1070. The maximum Gasteiger partial charge on any atom is 0.495 e. The lowest BCUT2D eigenvalue weighted by Crippen LogP contribution is -2.41. The molecule has 3 aromatic carbocycles. The molecule has 0 N–H and O–H groups in total. The number of fused-ring (bicyclic) bond motifs is 2. The fourth-order valence-electron chi connectivity index (χ4n) is 5.19. The highest BCUT2D eigenvalue weighted by Crippen LogP contribution is 2.36. The molecule has 2 saturated heterocycles. The minimum atomic E-state index is -0.377. The molecule has 0 bridgehead atoms. The second-order valence-electron chi connectivity index (χ2n) is 10.9. The summed E-state index contributed by atoms with van der Waals surface area (Å²) >= 11 is 0. The molecule has 3 aromatic rings. The van der Waals surface area contributed by atoms with Crippen LogP contribution in [0.1, 0.15) is 52.7 Å². The highest BCUT2D eigenvalue weighted by molar-refractivity contribution is 6.73. The van der Waals surface area contributed by atoms with Gasteiger partial charge in [-0.15, -0.1) is 0 Å². The average Bonchev–Trinajstić information content (AvgIpc) is 3.43. The van der Waals surface area contributed by atoms with Gasteiger partial charge in [-0.1, -0.05) is 77.9 Å². The van der Waals surface area contributed by atoms with Crippen molar-refractivity contribution in [1.82, 2.24) is 0 Å². The van der Waals surface area contributed by atoms with Crippen molar-refractivity contribution in [2.75, 3.05) is 26.4 Å². The van der Waals surface area contributed by atoms with Gasteiger partial charge in [-0.3, -0.25) is 0 Å². The van der Waals surface area contributed by atoms with E-state index in [1.807, 2.05) is 0 Å². The van der Waals surface area contributed by atoms with Gasteiger partial charge in [0.1, 0.15) is 0 Å². The quantitative estimate of drug-likeness (QED) is 0.454. The van der Waals surface area contributed by atoms with Gasteiger partial charge in [0.25, 0.3) is 0 Å². The molecule has 0 amide bonds. The molecule has 2 fully saturated rings. The van der Waals surface area contributed by atoms with E-state index in [-0.39, 0.29) is 25.1 Å². The molecule has 0 spiro atoms. The van der Waals surface area contributed by atoms with Crippen LogP contribution in [-0.4, -0.2) is 40.7 Å². The van der Waals surface area contributed by atoms with Crippen LogP contribution in [0.4, 0.5) is 0 Å². The first-order valence-corrected chi connectivity index (χ1v) is 11.7. The number of hydrogen-bond donors (Lipinski definition) is 0. The summed E-state index contributed by atoms with van der Waals surface area (Å²) in [5.74, 6) is 0.